The lowest BCUT2D eigenvalue weighted by Crippen LogP contribution is -2.43. The summed E-state index contributed by atoms with van der Waals surface area (Å²) in [6.07, 6.45) is 0. The highest BCUT2D eigenvalue weighted by Gasteiger charge is 2.09. The van der Waals surface area contributed by atoms with Crippen LogP contribution in [0.1, 0.15) is 20.7 Å². The number of benzene rings is 3. The van der Waals surface area contributed by atoms with Crippen LogP contribution in [0.5, 0.6) is 0 Å². The van der Waals surface area contributed by atoms with Gasteiger partial charge in [-0.3, -0.25) is 20.4 Å². The molecule has 4 N–H and O–H groups in total. The molecule has 2 amide bonds. The summed E-state index contributed by atoms with van der Waals surface area (Å²) in [5.74, 6) is -1.19. The van der Waals surface area contributed by atoms with Gasteiger partial charge in [-0.25, -0.2) is 4.39 Å². The third-order valence-electron chi connectivity index (χ3n) is 3.90. The lowest BCUT2D eigenvalue weighted by Gasteiger charge is -2.12. The monoisotopic (exact) mass is 486 g/mol. The second-order valence-corrected chi connectivity index (χ2v) is 7.40. The maximum absolute atomic E-state index is 12.9. The lowest BCUT2D eigenvalue weighted by atomic mass is 10.1. The molecule has 152 valence electrons. The standard InChI is InChI=1S/C21H16BrFN4O2S/c22-15-5-11-18(12-6-15)25-21(30)27-26-20(29)14-3-9-17(10-4-14)24-19(28)13-1-7-16(23)8-2-13/h1-12H,(H,24,28)(H,26,29)(H2,25,27,30). The van der Waals surface area contributed by atoms with E-state index in [1.807, 2.05) is 24.3 Å². The molecule has 3 aromatic rings. The van der Waals surface area contributed by atoms with Crippen molar-refractivity contribution >= 4 is 56.4 Å². The van der Waals surface area contributed by atoms with Crippen LogP contribution in [0.3, 0.4) is 0 Å². The van der Waals surface area contributed by atoms with Crippen molar-refractivity contribution in [2.24, 2.45) is 0 Å². The molecule has 0 aliphatic heterocycles. The number of carbonyl (C=O) groups excluding carboxylic acids is 2. The molecule has 0 fully saturated rings. The zero-order chi connectivity index (χ0) is 21.5. The second-order valence-electron chi connectivity index (χ2n) is 6.08. The first-order valence-electron chi connectivity index (χ1n) is 8.70. The van der Waals surface area contributed by atoms with Crippen LogP contribution in [-0.4, -0.2) is 16.9 Å². The smallest absolute Gasteiger partial charge is 0.269 e. The summed E-state index contributed by atoms with van der Waals surface area (Å²) < 4.78 is 13.9. The maximum Gasteiger partial charge on any atom is 0.269 e. The summed E-state index contributed by atoms with van der Waals surface area (Å²) in [4.78, 5) is 24.4. The van der Waals surface area contributed by atoms with Gasteiger partial charge in [-0.15, -0.1) is 0 Å². The minimum absolute atomic E-state index is 0.230. The van der Waals surface area contributed by atoms with E-state index >= 15 is 0 Å². The number of rotatable bonds is 4. The molecule has 0 heterocycles. The molecular formula is C21H16BrFN4O2S. The van der Waals surface area contributed by atoms with E-state index in [1.54, 1.807) is 24.3 Å². The first-order chi connectivity index (χ1) is 14.4. The van der Waals surface area contributed by atoms with Crippen molar-refractivity contribution in [3.8, 4) is 0 Å². The Balaban J connectivity index is 1.50. The van der Waals surface area contributed by atoms with Gasteiger partial charge in [0, 0.05) is 27.0 Å². The van der Waals surface area contributed by atoms with Gasteiger partial charge in [-0.1, -0.05) is 15.9 Å². The average molecular weight is 487 g/mol. The van der Waals surface area contributed by atoms with Crippen LogP contribution in [0, 0.1) is 5.82 Å². The summed E-state index contributed by atoms with van der Waals surface area (Å²) in [7, 11) is 0. The highest BCUT2D eigenvalue weighted by atomic mass is 79.9. The van der Waals surface area contributed by atoms with Crippen molar-refractivity contribution in [1.82, 2.24) is 10.9 Å². The average Bonchev–Trinajstić information content (AvgIpc) is 2.74. The Hall–Kier alpha value is -3.30. The number of hydrazine groups is 1. The number of hydrogen-bond donors (Lipinski definition) is 4. The maximum atomic E-state index is 12.9. The lowest BCUT2D eigenvalue weighted by molar-refractivity contribution is 0.0943. The van der Waals surface area contributed by atoms with Gasteiger partial charge in [-0.05, 0) is 85.0 Å². The highest BCUT2D eigenvalue weighted by molar-refractivity contribution is 9.10. The van der Waals surface area contributed by atoms with E-state index in [9.17, 15) is 14.0 Å². The van der Waals surface area contributed by atoms with Crippen molar-refractivity contribution in [3.05, 3.63) is 94.2 Å². The van der Waals surface area contributed by atoms with Crippen LogP contribution in [0.15, 0.2) is 77.3 Å². The molecule has 3 aromatic carbocycles. The van der Waals surface area contributed by atoms with Crippen LogP contribution in [0.25, 0.3) is 0 Å². The summed E-state index contributed by atoms with van der Waals surface area (Å²) in [6.45, 7) is 0. The Labute approximate surface area is 186 Å². The fourth-order valence-electron chi connectivity index (χ4n) is 2.39. The summed E-state index contributed by atoms with van der Waals surface area (Å²) in [5, 5.41) is 5.85. The fourth-order valence-corrected chi connectivity index (χ4v) is 2.82. The van der Waals surface area contributed by atoms with Crippen molar-refractivity contribution in [3.63, 3.8) is 0 Å². The van der Waals surface area contributed by atoms with Crippen LogP contribution in [0.4, 0.5) is 15.8 Å². The molecule has 0 aromatic heterocycles. The minimum atomic E-state index is -0.415. The van der Waals surface area contributed by atoms with Crippen molar-refractivity contribution < 1.29 is 14.0 Å². The molecule has 0 saturated heterocycles. The predicted molar refractivity (Wildman–Crippen MR) is 122 cm³/mol. The number of thiocarbonyl (C=S) groups is 1. The summed E-state index contributed by atoms with van der Waals surface area (Å²) in [5.41, 5.74) is 7.09. The van der Waals surface area contributed by atoms with E-state index in [0.717, 1.165) is 10.2 Å². The molecule has 0 bridgehead atoms. The van der Waals surface area contributed by atoms with Crippen LogP contribution in [-0.2, 0) is 0 Å². The summed E-state index contributed by atoms with van der Waals surface area (Å²) in [6, 6.07) is 18.9. The zero-order valence-corrected chi connectivity index (χ0v) is 17.8. The Morgan fingerprint density at radius 1 is 0.700 bits per heavy atom. The number of nitrogens with one attached hydrogen (secondary N) is 4. The van der Waals surface area contributed by atoms with Gasteiger partial charge in [0.05, 0.1) is 0 Å². The van der Waals surface area contributed by atoms with E-state index in [4.69, 9.17) is 12.2 Å². The molecule has 0 aliphatic rings. The van der Waals surface area contributed by atoms with Crippen molar-refractivity contribution in [2.45, 2.75) is 0 Å². The largest absolute Gasteiger partial charge is 0.331 e. The van der Waals surface area contributed by atoms with E-state index < -0.39 is 11.7 Å². The fraction of sp³-hybridized carbons (Fsp3) is 0. The van der Waals surface area contributed by atoms with Gasteiger partial charge in [-0.2, -0.15) is 0 Å². The molecule has 3 rings (SSSR count). The molecule has 6 nitrogen and oxygen atoms in total. The zero-order valence-electron chi connectivity index (χ0n) is 15.4. The predicted octanol–water partition coefficient (Wildman–Crippen LogP) is 4.47. The van der Waals surface area contributed by atoms with Gasteiger partial charge >= 0.3 is 0 Å². The summed E-state index contributed by atoms with van der Waals surface area (Å²) >= 11 is 8.49. The molecule has 0 atom stereocenters. The van der Waals surface area contributed by atoms with Gasteiger partial charge in [0.25, 0.3) is 11.8 Å². The number of carbonyl (C=O) groups is 2. The first kappa shape index (κ1) is 21.4. The molecule has 0 saturated carbocycles. The molecule has 0 unspecified atom stereocenters. The van der Waals surface area contributed by atoms with Crippen LogP contribution < -0.4 is 21.5 Å². The second kappa shape index (κ2) is 9.95. The number of hydrogen-bond acceptors (Lipinski definition) is 3. The SMILES string of the molecule is O=C(NNC(=S)Nc1ccc(Br)cc1)c1ccc(NC(=O)c2ccc(F)cc2)cc1. The molecule has 0 radical (unpaired) electrons. The van der Waals surface area contributed by atoms with Crippen LogP contribution >= 0.6 is 28.1 Å². The molecule has 0 spiro atoms. The first-order valence-corrected chi connectivity index (χ1v) is 9.91. The normalized spacial score (nSPS) is 10.1. The topological polar surface area (TPSA) is 82.3 Å². The highest BCUT2D eigenvalue weighted by Crippen LogP contribution is 2.14. The van der Waals surface area contributed by atoms with Gasteiger partial charge in [0.15, 0.2) is 5.11 Å². The minimum Gasteiger partial charge on any atom is -0.331 e. The van der Waals surface area contributed by atoms with E-state index in [1.165, 1.54) is 24.3 Å². The van der Waals surface area contributed by atoms with Crippen molar-refractivity contribution in [2.75, 3.05) is 10.6 Å². The van der Waals surface area contributed by atoms with E-state index in [2.05, 4.69) is 37.4 Å². The molecule has 0 aliphatic carbocycles. The third kappa shape index (κ3) is 6.10. The van der Waals surface area contributed by atoms with Gasteiger partial charge in [0.2, 0.25) is 0 Å². The number of halogens is 2. The Morgan fingerprint density at radius 2 is 1.20 bits per heavy atom. The van der Waals surface area contributed by atoms with Gasteiger partial charge < -0.3 is 10.6 Å². The third-order valence-corrected chi connectivity index (χ3v) is 4.64. The van der Waals surface area contributed by atoms with Crippen LogP contribution in [0.2, 0.25) is 0 Å². The molecular weight excluding hydrogens is 471 g/mol. The number of anilines is 2. The molecule has 9 heteroatoms. The molecule has 30 heavy (non-hydrogen) atoms. The Morgan fingerprint density at radius 3 is 1.83 bits per heavy atom. The van der Waals surface area contributed by atoms with Gasteiger partial charge in [0.1, 0.15) is 5.82 Å². The Bertz CT molecular complexity index is 1060. The van der Waals surface area contributed by atoms with E-state index in [0.29, 0.717) is 16.8 Å². The number of amides is 2. The van der Waals surface area contributed by atoms with E-state index in [-0.39, 0.29) is 11.0 Å². The van der Waals surface area contributed by atoms with Crippen molar-refractivity contribution in [1.29, 1.82) is 0 Å². The quantitative estimate of drug-likeness (QED) is 0.323. The Kier molecular flexibility index (Phi) is 7.10.